The Bertz CT molecular complexity index is 831. The van der Waals surface area contributed by atoms with Gasteiger partial charge in [-0.3, -0.25) is 9.10 Å². The minimum atomic E-state index is -3.26. The van der Waals surface area contributed by atoms with Gasteiger partial charge in [0.05, 0.1) is 25.5 Å². The molecule has 0 N–H and O–H groups in total. The number of carbonyl (C=O) groups is 1. The molecule has 0 amide bonds. The van der Waals surface area contributed by atoms with Gasteiger partial charge < -0.3 is 9.47 Å². The van der Waals surface area contributed by atoms with E-state index in [1.807, 2.05) is 0 Å². The number of methoxy groups -OCH3 is 2. The van der Waals surface area contributed by atoms with Gasteiger partial charge >= 0.3 is 17.8 Å². The summed E-state index contributed by atoms with van der Waals surface area (Å²) in [6.07, 6.45) is 0. The molecule has 0 bridgehead atoms. The van der Waals surface area contributed by atoms with Crippen molar-refractivity contribution in [1.82, 2.24) is 15.0 Å². The van der Waals surface area contributed by atoms with Crippen molar-refractivity contribution in [2.45, 2.75) is 5.76 Å². The molecule has 2 rings (SSSR count). The lowest BCUT2D eigenvalue weighted by molar-refractivity contribution is 0.102. The third kappa shape index (κ3) is 3.90. The maximum Gasteiger partial charge on any atom is 0.330 e. The zero-order chi connectivity index (χ0) is 19.4. The summed E-state index contributed by atoms with van der Waals surface area (Å²) in [6, 6.07) is 2.84. The van der Waals surface area contributed by atoms with Crippen molar-refractivity contribution in [3.63, 3.8) is 0 Å². The normalized spacial score (nSPS) is 12.0. The van der Waals surface area contributed by atoms with Gasteiger partial charge in [-0.1, -0.05) is 6.07 Å². The van der Waals surface area contributed by atoms with E-state index < -0.39 is 39.9 Å². The molecule has 8 nitrogen and oxygen atoms in total. The molecule has 0 aliphatic heterocycles. The summed E-state index contributed by atoms with van der Waals surface area (Å²) in [4.78, 5) is 23.9. The molecule has 140 valence electrons. The molecule has 1 aromatic carbocycles. The summed E-state index contributed by atoms with van der Waals surface area (Å²) in [5.41, 5.74) is -0.939. The number of hydrogen-bond donors (Lipinski definition) is 0. The second kappa shape index (κ2) is 8.08. The molecule has 2 aromatic rings. The molecule has 0 saturated heterocycles. The van der Waals surface area contributed by atoms with E-state index >= 15 is 0 Å². The van der Waals surface area contributed by atoms with Gasteiger partial charge in [0.2, 0.25) is 11.6 Å². The fourth-order valence-corrected chi connectivity index (χ4v) is 2.58. The van der Waals surface area contributed by atoms with Crippen LogP contribution in [0, 0.1) is 5.82 Å². The minimum Gasteiger partial charge on any atom is -0.467 e. The van der Waals surface area contributed by atoms with Crippen LogP contribution in [0.2, 0.25) is 0 Å². The zero-order valence-corrected chi connectivity index (χ0v) is 14.6. The summed E-state index contributed by atoms with van der Waals surface area (Å²) >= 11 is 0. The average Bonchev–Trinajstić information content (AvgIpc) is 2.65. The Balaban J connectivity index is 2.57. The number of halogens is 3. The van der Waals surface area contributed by atoms with Crippen molar-refractivity contribution in [1.29, 1.82) is 0 Å². The monoisotopic (exact) mass is 390 g/mol. The molecule has 0 aliphatic rings. The lowest BCUT2D eigenvalue weighted by atomic mass is 10.1. The number of benzene rings is 1. The summed E-state index contributed by atoms with van der Waals surface area (Å²) in [6.45, 7) is 0. The molecule has 26 heavy (non-hydrogen) atoms. The second-order valence-electron chi connectivity index (χ2n) is 4.63. The van der Waals surface area contributed by atoms with E-state index in [-0.39, 0.29) is 17.6 Å². The predicted molar refractivity (Wildman–Crippen MR) is 85.3 cm³/mol. The van der Waals surface area contributed by atoms with Gasteiger partial charge in [-0.15, -0.1) is 4.98 Å². The number of nitrogens with zero attached hydrogens (tertiary/aromatic N) is 4. The van der Waals surface area contributed by atoms with Crippen molar-refractivity contribution in [3.8, 4) is 12.0 Å². The van der Waals surface area contributed by atoms with E-state index in [4.69, 9.17) is 9.47 Å². The topological polar surface area (TPSA) is 94.5 Å². The summed E-state index contributed by atoms with van der Waals surface area (Å²) in [5.74, 6) is -5.66. The second-order valence-corrected chi connectivity index (χ2v) is 6.09. The maximum absolute atomic E-state index is 14.2. The number of rotatable bonds is 7. The highest BCUT2D eigenvalue weighted by Crippen LogP contribution is 2.28. The van der Waals surface area contributed by atoms with Crippen molar-refractivity contribution in [2.75, 3.05) is 25.6 Å². The lowest BCUT2D eigenvalue weighted by Crippen LogP contribution is -2.28. The molecule has 1 heterocycles. The Morgan fingerprint density at radius 3 is 2.23 bits per heavy atom. The van der Waals surface area contributed by atoms with Crippen molar-refractivity contribution in [3.05, 3.63) is 35.4 Å². The summed E-state index contributed by atoms with van der Waals surface area (Å²) in [7, 11) is 0.603. The fourth-order valence-electron chi connectivity index (χ4n) is 1.97. The lowest BCUT2D eigenvalue weighted by Gasteiger charge is -2.20. The Morgan fingerprint density at radius 1 is 1.15 bits per heavy atom. The molecule has 0 radical (unpaired) electrons. The summed E-state index contributed by atoms with van der Waals surface area (Å²) < 4.78 is 61.4. The van der Waals surface area contributed by atoms with E-state index in [1.54, 1.807) is 0 Å². The van der Waals surface area contributed by atoms with Crippen LogP contribution in [-0.4, -0.2) is 52.0 Å². The average molecular weight is 390 g/mol. The quantitative estimate of drug-likeness (QED) is 0.663. The Morgan fingerprint density at radius 2 is 1.73 bits per heavy atom. The molecule has 12 heteroatoms. The van der Waals surface area contributed by atoms with Crippen molar-refractivity contribution in [2.24, 2.45) is 0 Å². The predicted octanol–water partition coefficient (Wildman–Crippen LogP) is 1.58. The number of para-hydroxylation sites is 1. The van der Waals surface area contributed by atoms with E-state index in [0.717, 1.165) is 13.1 Å². The molecular weight excluding hydrogens is 377 g/mol. The highest BCUT2D eigenvalue weighted by Gasteiger charge is 2.28. The smallest absolute Gasteiger partial charge is 0.330 e. The highest BCUT2D eigenvalue weighted by molar-refractivity contribution is 7.86. The largest absolute Gasteiger partial charge is 0.467 e. The number of anilines is 1. The van der Waals surface area contributed by atoms with Gasteiger partial charge in [0.1, 0.15) is 5.82 Å². The molecule has 1 atom stereocenters. The number of carbonyl (C=O) groups excluding carboxylic acids is 1. The van der Waals surface area contributed by atoms with Gasteiger partial charge in [0.25, 0.3) is 0 Å². The van der Waals surface area contributed by atoms with Crippen LogP contribution in [0.4, 0.5) is 18.9 Å². The van der Waals surface area contributed by atoms with Gasteiger partial charge in [0.15, 0.2) is 11.0 Å². The molecular formula is C14H13F3N4O4S. The standard InChI is InChI=1S/C14H13F3N4O4S/c1-21(26(23)12(16)17)9-7(5-4-6-8(9)15)10(22)11-18-13(24-2)20-14(19-11)25-3/h4-6,12H,1-3H3. The molecule has 0 fully saturated rings. The third-order valence-electron chi connectivity index (χ3n) is 3.13. The molecule has 0 aliphatic carbocycles. The van der Waals surface area contributed by atoms with Gasteiger partial charge in [-0.25, -0.2) is 8.60 Å². The van der Waals surface area contributed by atoms with Crippen LogP contribution in [0.25, 0.3) is 0 Å². The number of aromatic nitrogens is 3. The highest BCUT2D eigenvalue weighted by atomic mass is 32.2. The maximum atomic E-state index is 14.2. The number of ketones is 1. The molecule has 0 spiro atoms. The van der Waals surface area contributed by atoms with E-state index in [0.29, 0.717) is 4.31 Å². The SMILES string of the molecule is COc1nc(OC)nc(C(=O)c2cccc(F)c2N(C)S(=O)C(F)F)n1. The number of ether oxygens (including phenoxy) is 2. The first kappa shape index (κ1) is 19.6. The van der Waals surface area contributed by atoms with Gasteiger partial charge in [-0.05, 0) is 12.1 Å². The zero-order valence-electron chi connectivity index (χ0n) is 13.8. The molecule has 0 saturated carbocycles. The van der Waals surface area contributed by atoms with Crippen molar-refractivity contribution < 1.29 is 31.6 Å². The molecule has 1 aromatic heterocycles. The van der Waals surface area contributed by atoms with Crippen LogP contribution in [0.1, 0.15) is 16.2 Å². The van der Waals surface area contributed by atoms with Crippen LogP contribution in [0.15, 0.2) is 18.2 Å². The van der Waals surface area contributed by atoms with Gasteiger partial charge in [0, 0.05) is 7.05 Å². The van der Waals surface area contributed by atoms with E-state index in [1.165, 1.54) is 26.4 Å². The minimum absolute atomic E-state index is 0.234. The van der Waals surface area contributed by atoms with Gasteiger partial charge in [-0.2, -0.15) is 18.7 Å². The number of alkyl halides is 2. The first-order valence-electron chi connectivity index (χ1n) is 6.90. The molecule has 1 unspecified atom stereocenters. The van der Waals surface area contributed by atoms with Crippen LogP contribution in [0.3, 0.4) is 0 Å². The number of hydrogen-bond acceptors (Lipinski definition) is 7. The van der Waals surface area contributed by atoms with Crippen molar-refractivity contribution >= 4 is 22.5 Å². The first-order chi connectivity index (χ1) is 12.3. The Kier molecular flexibility index (Phi) is 6.08. The van der Waals surface area contributed by atoms with E-state index in [9.17, 15) is 22.2 Å². The first-order valence-corrected chi connectivity index (χ1v) is 8.07. The van der Waals surface area contributed by atoms with Crippen LogP contribution in [0.5, 0.6) is 12.0 Å². The third-order valence-corrected chi connectivity index (χ3v) is 4.16. The van der Waals surface area contributed by atoms with Crippen LogP contribution < -0.4 is 13.8 Å². The van der Waals surface area contributed by atoms with Crippen LogP contribution >= 0.6 is 0 Å². The summed E-state index contributed by atoms with van der Waals surface area (Å²) in [5, 5.41) is 0. The van der Waals surface area contributed by atoms with E-state index in [2.05, 4.69) is 15.0 Å². The fraction of sp³-hybridized carbons (Fsp3) is 0.286. The Labute approximate surface area is 148 Å². The van der Waals surface area contributed by atoms with Crippen LogP contribution in [-0.2, 0) is 11.0 Å². The Hall–Kier alpha value is -2.76.